The number of nitrogens with one attached hydrogen (secondary N) is 1. The summed E-state index contributed by atoms with van der Waals surface area (Å²) < 4.78 is 11.0. The van der Waals surface area contributed by atoms with Crippen LogP contribution in [0.15, 0.2) is 18.2 Å². The van der Waals surface area contributed by atoms with E-state index in [1.807, 2.05) is 19.1 Å². The Kier molecular flexibility index (Phi) is 5.44. The average Bonchev–Trinajstić information content (AvgIpc) is 2.38. The Hall–Kier alpha value is -1.46. The number of fused-ring (bicyclic) bond motifs is 1. The predicted molar refractivity (Wildman–Crippen MR) is 76.1 cm³/mol. The number of nitrogens with two attached hydrogens (primary N) is 1. The number of amides is 1. The normalized spacial score (nSPS) is 15.9. The molecule has 0 fully saturated rings. The van der Waals surface area contributed by atoms with Crippen molar-refractivity contribution in [1.82, 2.24) is 0 Å². The lowest BCUT2D eigenvalue weighted by molar-refractivity contribution is -0.119. The maximum absolute atomic E-state index is 12.0. The summed E-state index contributed by atoms with van der Waals surface area (Å²) in [6, 6.07) is 5.24. The molecule has 2 atom stereocenters. The van der Waals surface area contributed by atoms with Crippen LogP contribution < -0.4 is 20.5 Å². The first-order chi connectivity index (χ1) is 8.59. The number of para-hydroxylation sites is 1. The van der Waals surface area contributed by atoms with Gasteiger partial charge in [-0.25, -0.2) is 0 Å². The van der Waals surface area contributed by atoms with Gasteiger partial charge < -0.3 is 20.5 Å². The van der Waals surface area contributed by atoms with E-state index in [0.717, 1.165) is 0 Å². The standard InChI is InChI=1S/C13H18N2O3.ClH/c1-8(9(2)14)13(16)15-10-4-3-5-11-12(10)18-7-6-17-11;/h3-5,8-9H,6-7,14H2,1-2H3,(H,15,16);1H. The van der Waals surface area contributed by atoms with E-state index in [1.54, 1.807) is 13.0 Å². The van der Waals surface area contributed by atoms with Crippen molar-refractivity contribution in [2.75, 3.05) is 18.5 Å². The van der Waals surface area contributed by atoms with Gasteiger partial charge in [0.15, 0.2) is 11.5 Å². The minimum atomic E-state index is -0.259. The largest absolute Gasteiger partial charge is 0.486 e. The summed E-state index contributed by atoms with van der Waals surface area (Å²) in [7, 11) is 0. The molecule has 1 aromatic carbocycles. The van der Waals surface area contributed by atoms with Gasteiger partial charge in [0, 0.05) is 6.04 Å². The highest BCUT2D eigenvalue weighted by atomic mass is 35.5. The highest BCUT2D eigenvalue weighted by Crippen LogP contribution is 2.37. The van der Waals surface area contributed by atoms with Crippen LogP contribution in [0, 0.1) is 5.92 Å². The minimum Gasteiger partial charge on any atom is -0.486 e. The van der Waals surface area contributed by atoms with Gasteiger partial charge in [-0.3, -0.25) is 4.79 Å². The van der Waals surface area contributed by atoms with Crippen LogP contribution in [0.5, 0.6) is 11.5 Å². The number of benzene rings is 1. The van der Waals surface area contributed by atoms with Crippen LogP contribution in [-0.2, 0) is 4.79 Å². The second-order valence-electron chi connectivity index (χ2n) is 4.47. The fourth-order valence-electron chi connectivity index (χ4n) is 1.66. The van der Waals surface area contributed by atoms with Gasteiger partial charge in [0.1, 0.15) is 13.2 Å². The number of rotatable bonds is 3. The van der Waals surface area contributed by atoms with Gasteiger partial charge in [0.2, 0.25) is 5.91 Å². The molecular weight excluding hydrogens is 268 g/mol. The number of anilines is 1. The Morgan fingerprint density at radius 1 is 1.32 bits per heavy atom. The lowest BCUT2D eigenvalue weighted by Gasteiger charge is -2.22. The number of halogens is 1. The molecule has 5 nitrogen and oxygen atoms in total. The van der Waals surface area contributed by atoms with E-state index in [4.69, 9.17) is 15.2 Å². The topological polar surface area (TPSA) is 73.6 Å². The Morgan fingerprint density at radius 2 is 2.00 bits per heavy atom. The lowest BCUT2D eigenvalue weighted by Crippen LogP contribution is -2.34. The third-order valence-electron chi connectivity index (χ3n) is 3.03. The van der Waals surface area contributed by atoms with Gasteiger partial charge in [-0.1, -0.05) is 13.0 Å². The molecule has 2 unspecified atom stereocenters. The highest BCUT2D eigenvalue weighted by Gasteiger charge is 2.21. The molecule has 1 amide bonds. The van der Waals surface area contributed by atoms with E-state index in [9.17, 15) is 4.79 Å². The Morgan fingerprint density at radius 3 is 2.68 bits per heavy atom. The quantitative estimate of drug-likeness (QED) is 0.889. The summed E-state index contributed by atoms with van der Waals surface area (Å²) >= 11 is 0. The van der Waals surface area contributed by atoms with Gasteiger partial charge in [0.05, 0.1) is 11.6 Å². The van der Waals surface area contributed by atoms with Crippen LogP contribution in [-0.4, -0.2) is 25.2 Å². The van der Waals surface area contributed by atoms with Crippen LogP contribution in [0.3, 0.4) is 0 Å². The Balaban J connectivity index is 0.00000180. The van der Waals surface area contributed by atoms with E-state index < -0.39 is 0 Å². The molecular formula is C13H19ClN2O3. The summed E-state index contributed by atoms with van der Waals surface area (Å²) in [5.41, 5.74) is 6.34. The van der Waals surface area contributed by atoms with E-state index in [2.05, 4.69) is 5.32 Å². The molecule has 1 aromatic rings. The number of hydrogen-bond donors (Lipinski definition) is 2. The molecule has 6 heteroatoms. The predicted octanol–water partition coefficient (Wildman–Crippen LogP) is 1.80. The molecule has 2 rings (SSSR count). The first-order valence-corrected chi connectivity index (χ1v) is 6.04. The van der Waals surface area contributed by atoms with Crippen LogP contribution in [0.1, 0.15) is 13.8 Å². The van der Waals surface area contributed by atoms with Gasteiger partial charge in [-0.05, 0) is 19.1 Å². The molecule has 1 aliphatic heterocycles. The molecule has 0 spiro atoms. The highest BCUT2D eigenvalue weighted by molar-refractivity contribution is 5.94. The van der Waals surface area contributed by atoms with E-state index >= 15 is 0 Å². The molecule has 0 aromatic heterocycles. The maximum Gasteiger partial charge on any atom is 0.228 e. The number of ether oxygens (including phenoxy) is 2. The first kappa shape index (κ1) is 15.6. The fourth-order valence-corrected chi connectivity index (χ4v) is 1.66. The first-order valence-electron chi connectivity index (χ1n) is 6.04. The van der Waals surface area contributed by atoms with Crippen LogP contribution in [0.4, 0.5) is 5.69 Å². The van der Waals surface area contributed by atoms with Gasteiger partial charge in [-0.2, -0.15) is 0 Å². The monoisotopic (exact) mass is 286 g/mol. The number of carbonyl (C=O) groups excluding carboxylic acids is 1. The van der Waals surface area contributed by atoms with Crippen molar-refractivity contribution in [2.24, 2.45) is 11.7 Å². The van der Waals surface area contributed by atoms with Crippen molar-refractivity contribution in [3.63, 3.8) is 0 Å². The maximum atomic E-state index is 12.0. The summed E-state index contributed by atoms with van der Waals surface area (Å²) in [6.45, 7) is 4.63. The van der Waals surface area contributed by atoms with E-state index in [0.29, 0.717) is 30.4 Å². The van der Waals surface area contributed by atoms with Crippen molar-refractivity contribution >= 4 is 24.0 Å². The SMILES string of the molecule is CC(N)C(C)C(=O)Nc1cccc2c1OCCO2.Cl. The second kappa shape index (κ2) is 6.63. The van der Waals surface area contributed by atoms with Crippen molar-refractivity contribution in [2.45, 2.75) is 19.9 Å². The summed E-state index contributed by atoms with van der Waals surface area (Å²) in [4.78, 5) is 12.0. The number of hydrogen-bond acceptors (Lipinski definition) is 4. The smallest absolute Gasteiger partial charge is 0.228 e. The molecule has 3 N–H and O–H groups in total. The summed E-state index contributed by atoms with van der Waals surface area (Å²) in [5, 5.41) is 2.83. The molecule has 0 aliphatic carbocycles. The Labute approximate surface area is 118 Å². The fraction of sp³-hybridized carbons (Fsp3) is 0.462. The van der Waals surface area contributed by atoms with Crippen LogP contribution in [0.2, 0.25) is 0 Å². The minimum absolute atomic E-state index is 0. The zero-order chi connectivity index (χ0) is 13.1. The van der Waals surface area contributed by atoms with Gasteiger partial charge in [0.25, 0.3) is 0 Å². The van der Waals surface area contributed by atoms with Gasteiger partial charge in [-0.15, -0.1) is 12.4 Å². The van der Waals surface area contributed by atoms with Crippen molar-refractivity contribution in [1.29, 1.82) is 0 Å². The zero-order valence-corrected chi connectivity index (χ0v) is 11.8. The third kappa shape index (κ3) is 3.52. The number of carbonyl (C=O) groups is 1. The molecule has 19 heavy (non-hydrogen) atoms. The molecule has 0 saturated carbocycles. The van der Waals surface area contributed by atoms with Crippen LogP contribution in [0.25, 0.3) is 0 Å². The van der Waals surface area contributed by atoms with Gasteiger partial charge >= 0.3 is 0 Å². The van der Waals surface area contributed by atoms with E-state index in [1.165, 1.54) is 0 Å². The second-order valence-corrected chi connectivity index (χ2v) is 4.47. The third-order valence-corrected chi connectivity index (χ3v) is 3.03. The van der Waals surface area contributed by atoms with Crippen molar-refractivity contribution in [3.8, 4) is 11.5 Å². The molecule has 0 radical (unpaired) electrons. The zero-order valence-electron chi connectivity index (χ0n) is 11.0. The average molecular weight is 287 g/mol. The molecule has 0 bridgehead atoms. The lowest BCUT2D eigenvalue weighted by atomic mass is 10.0. The van der Waals surface area contributed by atoms with E-state index in [-0.39, 0.29) is 30.3 Å². The Bertz CT molecular complexity index is 452. The molecule has 1 aliphatic rings. The molecule has 106 valence electrons. The van der Waals surface area contributed by atoms with Crippen LogP contribution >= 0.6 is 12.4 Å². The summed E-state index contributed by atoms with van der Waals surface area (Å²) in [6.07, 6.45) is 0. The van der Waals surface area contributed by atoms with Crippen molar-refractivity contribution in [3.05, 3.63) is 18.2 Å². The summed E-state index contributed by atoms with van der Waals surface area (Å²) in [5.74, 6) is 0.874. The molecule has 0 saturated heterocycles. The van der Waals surface area contributed by atoms with Crippen molar-refractivity contribution < 1.29 is 14.3 Å². The molecule has 1 heterocycles.